The summed E-state index contributed by atoms with van der Waals surface area (Å²) in [5, 5.41) is 11.7. The number of carboxylic acid groups (broad SMARTS) is 1. The summed E-state index contributed by atoms with van der Waals surface area (Å²) in [4.78, 5) is 22.8. The Morgan fingerprint density at radius 2 is 2.05 bits per heavy atom. The van der Waals surface area contributed by atoms with Crippen LogP contribution in [0.15, 0.2) is 0 Å². The zero-order chi connectivity index (χ0) is 15.5. The van der Waals surface area contributed by atoms with E-state index in [1.807, 2.05) is 0 Å². The molecule has 0 aliphatic carbocycles. The average Bonchev–Trinajstić information content (AvgIpc) is 2.64. The molecular weight excluding hydrogens is 298 g/mol. The van der Waals surface area contributed by atoms with Crippen molar-refractivity contribution in [3.63, 3.8) is 0 Å². The van der Waals surface area contributed by atoms with Crippen LogP contribution in [0.5, 0.6) is 0 Å². The van der Waals surface area contributed by atoms with Crippen LogP contribution < -0.4 is 10.0 Å². The highest BCUT2D eigenvalue weighted by Gasteiger charge is 2.35. The Hall–Kier alpha value is -1.19. The third kappa shape index (κ3) is 4.14. The summed E-state index contributed by atoms with van der Waals surface area (Å²) >= 11 is 0. The molecule has 2 aliphatic rings. The monoisotopic (exact) mass is 319 g/mol. The maximum absolute atomic E-state index is 12.3. The van der Waals surface area contributed by atoms with Crippen LogP contribution in [0.3, 0.4) is 0 Å². The molecule has 0 bridgehead atoms. The lowest BCUT2D eigenvalue weighted by Crippen LogP contribution is -2.53. The second kappa shape index (κ2) is 6.71. The molecule has 1 amide bonds. The fourth-order valence-electron chi connectivity index (χ4n) is 2.67. The quantitative estimate of drug-likeness (QED) is 0.633. The van der Waals surface area contributed by atoms with Crippen LogP contribution >= 0.6 is 0 Å². The van der Waals surface area contributed by atoms with E-state index in [2.05, 4.69) is 10.0 Å². The standard InChI is InChI=1S/C12H21N3O5S/c16-11-10(5-1-2-6-13-11)14-21(19,20)15-7-3-4-9(8-15)12(17)18/h9-10,14H,1-8H2,(H,13,16)(H,17,18). The summed E-state index contributed by atoms with van der Waals surface area (Å²) < 4.78 is 28.2. The molecule has 2 aliphatic heterocycles. The van der Waals surface area contributed by atoms with E-state index < -0.39 is 28.1 Å². The number of rotatable bonds is 4. The molecule has 2 unspecified atom stereocenters. The van der Waals surface area contributed by atoms with Gasteiger partial charge in [0.1, 0.15) is 6.04 Å². The van der Waals surface area contributed by atoms with Crippen molar-refractivity contribution in [2.24, 2.45) is 5.92 Å². The highest BCUT2D eigenvalue weighted by Crippen LogP contribution is 2.19. The Balaban J connectivity index is 2.03. The summed E-state index contributed by atoms with van der Waals surface area (Å²) in [7, 11) is -3.84. The smallest absolute Gasteiger partial charge is 0.307 e. The van der Waals surface area contributed by atoms with Gasteiger partial charge in [0.15, 0.2) is 0 Å². The predicted octanol–water partition coefficient (Wildman–Crippen LogP) is -0.714. The van der Waals surface area contributed by atoms with E-state index in [-0.39, 0.29) is 19.0 Å². The van der Waals surface area contributed by atoms with Gasteiger partial charge in [-0.15, -0.1) is 0 Å². The molecule has 2 atom stereocenters. The number of carbonyl (C=O) groups excluding carboxylic acids is 1. The van der Waals surface area contributed by atoms with Gasteiger partial charge in [-0.1, -0.05) is 0 Å². The third-order valence-electron chi connectivity index (χ3n) is 3.90. The lowest BCUT2D eigenvalue weighted by Gasteiger charge is -2.31. The lowest BCUT2D eigenvalue weighted by atomic mass is 10.0. The van der Waals surface area contributed by atoms with Gasteiger partial charge in [-0.3, -0.25) is 9.59 Å². The lowest BCUT2D eigenvalue weighted by molar-refractivity contribution is -0.142. The van der Waals surface area contributed by atoms with E-state index >= 15 is 0 Å². The SMILES string of the molecule is O=C(O)C1CCCN(S(=O)(=O)NC2CCCCNC2=O)C1. The molecule has 0 aromatic rings. The highest BCUT2D eigenvalue weighted by molar-refractivity contribution is 7.87. The maximum Gasteiger partial charge on any atom is 0.307 e. The van der Waals surface area contributed by atoms with E-state index in [1.54, 1.807) is 0 Å². The Kier molecular flexibility index (Phi) is 5.17. The molecule has 0 aromatic carbocycles. The van der Waals surface area contributed by atoms with Crippen molar-refractivity contribution in [2.45, 2.75) is 38.1 Å². The molecule has 0 saturated carbocycles. The zero-order valence-electron chi connectivity index (χ0n) is 11.7. The summed E-state index contributed by atoms with van der Waals surface area (Å²) in [6.07, 6.45) is 3.04. The van der Waals surface area contributed by atoms with Gasteiger partial charge in [-0.2, -0.15) is 17.4 Å². The summed E-state index contributed by atoms with van der Waals surface area (Å²) in [6, 6.07) is -0.775. The molecule has 3 N–H and O–H groups in total. The third-order valence-corrected chi connectivity index (χ3v) is 5.49. The molecule has 8 nitrogen and oxygen atoms in total. The number of aliphatic carboxylic acids is 1. The first-order valence-corrected chi connectivity index (χ1v) is 8.62. The number of carbonyl (C=O) groups is 2. The number of piperidine rings is 1. The molecule has 2 saturated heterocycles. The van der Waals surface area contributed by atoms with Crippen molar-refractivity contribution in [3.05, 3.63) is 0 Å². The molecule has 21 heavy (non-hydrogen) atoms. The predicted molar refractivity (Wildman–Crippen MR) is 74.6 cm³/mol. The molecule has 0 radical (unpaired) electrons. The minimum atomic E-state index is -3.84. The first-order valence-electron chi connectivity index (χ1n) is 7.18. The minimum Gasteiger partial charge on any atom is -0.481 e. The van der Waals surface area contributed by atoms with E-state index in [1.165, 1.54) is 0 Å². The zero-order valence-corrected chi connectivity index (χ0v) is 12.6. The molecule has 2 heterocycles. The Morgan fingerprint density at radius 3 is 2.76 bits per heavy atom. The van der Waals surface area contributed by atoms with Crippen molar-refractivity contribution < 1.29 is 23.1 Å². The van der Waals surface area contributed by atoms with Crippen LogP contribution in [0.2, 0.25) is 0 Å². The van der Waals surface area contributed by atoms with Crippen LogP contribution in [0.1, 0.15) is 32.1 Å². The summed E-state index contributed by atoms with van der Waals surface area (Å²) in [6.45, 7) is 0.800. The van der Waals surface area contributed by atoms with E-state index in [4.69, 9.17) is 5.11 Å². The fourth-order valence-corrected chi connectivity index (χ4v) is 4.15. The summed E-state index contributed by atoms with van der Waals surface area (Å²) in [5.41, 5.74) is 0. The van der Waals surface area contributed by atoms with Gasteiger partial charge >= 0.3 is 5.97 Å². The molecule has 2 rings (SSSR count). The van der Waals surface area contributed by atoms with Crippen LogP contribution in [0, 0.1) is 5.92 Å². The van der Waals surface area contributed by atoms with Crippen molar-refractivity contribution >= 4 is 22.1 Å². The van der Waals surface area contributed by atoms with Gasteiger partial charge in [0.05, 0.1) is 5.92 Å². The normalized spacial score (nSPS) is 28.7. The fraction of sp³-hybridized carbons (Fsp3) is 0.833. The second-order valence-corrected chi connectivity index (χ2v) is 7.20. The van der Waals surface area contributed by atoms with Crippen molar-refractivity contribution in [1.29, 1.82) is 0 Å². The van der Waals surface area contributed by atoms with Crippen molar-refractivity contribution in [2.75, 3.05) is 19.6 Å². The number of hydrogen-bond donors (Lipinski definition) is 3. The van der Waals surface area contributed by atoms with Crippen LogP contribution in [0.25, 0.3) is 0 Å². The average molecular weight is 319 g/mol. The number of nitrogens with one attached hydrogen (secondary N) is 2. The maximum atomic E-state index is 12.3. The van der Waals surface area contributed by atoms with Gasteiger partial charge in [0.25, 0.3) is 10.2 Å². The minimum absolute atomic E-state index is 0.0427. The molecular formula is C12H21N3O5S. The Labute approximate surface area is 124 Å². The molecule has 9 heteroatoms. The van der Waals surface area contributed by atoms with E-state index in [9.17, 15) is 18.0 Å². The van der Waals surface area contributed by atoms with Crippen molar-refractivity contribution in [1.82, 2.24) is 14.3 Å². The Morgan fingerprint density at radius 1 is 1.29 bits per heavy atom. The largest absolute Gasteiger partial charge is 0.481 e. The number of nitrogens with zero attached hydrogens (tertiary/aromatic N) is 1. The van der Waals surface area contributed by atoms with E-state index in [0.717, 1.165) is 17.1 Å². The van der Waals surface area contributed by atoms with Gasteiger partial charge in [0, 0.05) is 19.6 Å². The second-order valence-electron chi connectivity index (χ2n) is 5.50. The highest BCUT2D eigenvalue weighted by atomic mass is 32.2. The molecule has 0 spiro atoms. The molecule has 2 fully saturated rings. The van der Waals surface area contributed by atoms with Gasteiger partial charge in [0.2, 0.25) is 5.91 Å². The van der Waals surface area contributed by atoms with Gasteiger partial charge in [-0.05, 0) is 32.1 Å². The first kappa shape index (κ1) is 16.2. The first-order chi connectivity index (χ1) is 9.90. The Bertz CT molecular complexity index is 507. The summed E-state index contributed by atoms with van der Waals surface area (Å²) in [5.74, 6) is -1.98. The van der Waals surface area contributed by atoms with E-state index in [0.29, 0.717) is 25.8 Å². The number of hydrogen-bond acceptors (Lipinski definition) is 4. The number of carboxylic acids is 1. The van der Waals surface area contributed by atoms with Crippen LogP contribution in [-0.4, -0.2) is 55.4 Å². The van der Waals surface area contributed by atoms with Crippen molar-refractivity contribution in [3.8, 4) is 0 Å². The van der Waals surface area contributed by atoms with Crippen LogP contribution in [-0.2, 0) is 19.8 Å². The van der Waals surface area contributed by atoms with Gasteiger partial charge < -0.3 is 10.4 Å². The molecule has 0 aromatic heterocycles. The number of amides is 1. The van der Waals surface area contributed by atoms with Gasteiger partial charge in [-0.25, -0.2) is 0 Å². The van der Waals surface area contributed by atoms with Crippen LogP contribution in [0.4, 0.5) is 0 Å². The topological polar surface area (TPSA) is 116 Å². The molecule has 120 valence electrons.